The second kappa shape index (κ2) is 10.8. The lowest BCUT2D eigenvalue weighted by Gasteiger charge is -2.52. The maximum Gasteiger partial charge on any atom is 0.193 e. The Kier molecular flexibility index (Phi) is 7.61. The van der Waals surface area contributed by atoms with Crippen molar-refractivity contribution < 1.29 is 9.90 Å². The molecule has 5 nitrogen and oxygen atoms in total. The monoisotopic (exact) mass is 563 g/mol. The predicted octanol–water partition coefficient (Wildman–Crippen LogP) is 6.97. The van der Waals surface area contributed by atoms with Crippen molar-refractivity contribution >= 4 is 11.5 Å². The van der Waals surface area contributed by atoms with E-state index in [1.165, 1.54) is 5.57 Å². The number of carbonyl (C=O) groups excluding carboxylic acids is 1. The number of phenols is 1. The first-order valence-electron chi connectivity index (χ1n) is 14.9. The molecule has 1 unspecified atom stereocenters. The minimum Gasteiger partial charge on any atom is -0.507 e. The summed E-state index contributed by atoms with van der Waals surface area (Å²) in [6, 6.07) is 12.0. The highest BCUT2D eigenvalue weighted by Crippen LogP contribution is 2.60. The fourth-order valence-electron chi connectivity index (χ4n) is 7.67. The van der Waals surface area contributed by atoms with Gasteiger partial charge in [0, 0.05) is 42.5 Å². The van der Waals surface area contributed by atoms with Crippen LogP contribution in [0.1, 0.15) is 55.1 Å². The smallest absolute Gasteiger partial charge is 0.193 e. The fourth-order valence-corrected chi connectivity index (χ4v) is 7.67. The van der Waals surface area contributed by atoms with Crippen LogP contribution < -0.4 is 5.73 Å². The molecule has 0 heterocycles. The number of nitrogens with two attached hydrogens (primary N) is 1. The van der Waals surface area contributed by atoms with Crippen molar-refractivity contribution in [3.05, 3.63) is 106 Å². The number of ketones is 1. The average molecular weight is 564 g/mol. The van der Waals surface area contributed by atoms with Crippen molar-refractivity contribution in [1.29, 1.82) is 0 Å². The van der Waals surface area contributed by atoms with Gasteiger partial charge < -0.3 is 20.6 Å². The molecule has 3 aliphatic carbocycles. The van der Waals surface area contributed by atoms with Crippen molar-refractivity contribution in [2.24, 2.45) is 23.0 Å². The Hall–Kier alpha value is -3.83. The minimum atomic E-state index is -0.378. The van der Waals surface area contributed by atoms with Gasteiger partial charge in [0.1, 0.15) is 5.75 Å². The molecule has 0 amide bonds. The van der Waals surface area contributed by atoms with Gasteiger partial charge in [0.15, 0.2) is 5.78 Å². The number of phenolic OH excluding ortho intramolecular Hbond substituents is 1. The SMILES string of the molecule is C=C(N)C1=C(C)C[C@@H]2CC3Cc4c(-c5cccc(C(=C)N(C)CCN(C)C)c5)ccc(O)c4C(=O)C3=C(C)[C@]2(C)C1=C. The topological polar surface area (TPSA) is 69.8 Å². The number of rotatable bonds is 7. The number of fused-ring (bicyclic) bond motifs is 3. The summed E-state index contributed by atoms with van der Waals surface area (Å²) in [6.45, 7) is 21.1. The molecular formula is C37H45N3O2. The van der Waals surface area contributed by atoms with Crippen molar-refractivity contribution in [2.75, 3.05) is 34.2 Å². The first-order valence-corrected chi connectivity index (χ1v) is 14.9. The molecular weight excluding hydrogens is 518 g/mol. The van der Waals surface area contributed by atoms with Crippen LogP contribution in [-0.4, -0.2) is 54.9 Å². The number of aromatic hydroxyl groups is 1. The van der Waals surface area contributed by atoms with Gasteiger partial charge in [-0.15, -0.1) is 0 Å². The first-order chi connectivity index (χ1) is 19.8. The number of Topliss-reactive ketones (excluding diaryl/α,β-unsaturated/α-hetero) is 1. The van der Waals surface area contributed by atoms with Crippen LogP contribution in [0.15, 0.2) is 89.7 Å². The number of allylic oxidation sites excluding steroid dienone is 4. The largest absolute Gasteiger partial charge is 0.507 e. The van der Waals surface area contributed by atoms with Crippen LogP contribution in [0, 0.1) is 17.3 Å². The van der Waals surface area contributed by atoms with Gasteiger partial charge in [-0.2, -0.15) is 0 Å². The average Bonchev–Trinajstić information content (AvgIpc) is 2.93. The fraction of sp³-hybridized carbons (Fsp3) is 0.378. The van der Waals surface area contributed by atoms with E-state index in [-0.39, 0.29) is 22.9 Å². The number of nitrogens with zero attached hydrogens (tertiary/aromatic N) is 2. The zero-order valence-corrected chi connectivity index (χ0v) is 26.1. The van der Waals surface area contributed by atoms with Gasteiger partial charge in [-0.1, -0.05) is 62.1 Å². The van der Waals surface area contributed by atoms with E-state index in [0.717, 1.165) is 76.2 Å². The van der Waals surface area contributed by atoms with E-state index in [0.29, 0.717) is 23.6 Å². The zero-order chi connectivity index (χ0) is 30.7. The zero-order valence-electron chi connectivity index (χ0n) is 26.1. The summed E-state index contributed by atoms with van der Waals surface area (Å²) in [7, 11) is 6.20. The van der Waals surface area contributed by atoms with E-state index >= 15 is 0 Å². The lowest BCUT2D eigenvalue weighted by Crippen LogP contribution is -2.44. The molecule has 2 aromatic rings. The van der Waals surface area contributed by atoms with E-state index in [2.05, 4.69) is 89.6 Å². The summed E-state index contributed by atoms with van der Waals surface area (Å²) < 4.78 is 0. The molecule has 0 aromatic heterocycles. The molecule has 5 rings (SSSR count). The van der Waals surface area contributed by atoms with Gasteiger partial charge in [-0.25, -0.2) is 0 Å². The first kappa shape index (κ1) is 29.7. The van der Waals surface area contributed by atoms with Crippen molar-refractivity contribution in [2.45, 2.75) is 40.0 Å². The Morgan fingerprint density at radius 2 is 1.81 bits per heavy atom. The molecule has 0 saturated carbocycles. The molecule has 3 atom stereocenters. The summed E-state index contributed by atoms with van der Waals surface area (Å²) in [5, 5.41) is 11.1. The maximum absolute atomic E-state index is 14.3. The van der Waals surface area contributed by atoms with Gasteiger partial charge in [-0.05, 0) is 105 Å². The molecule has 0 spiro atoms. The van der Waals surface area contributed by atoms with Crippen LogP contribution in [0.4, 0.5) is 0 Å². The quantitative estimate of drug-likeness (QED) is 0.381. The maximum atomic E-state index is 14.3. The molecule has 0 fully saturated rings. The molecule has 220 valence electrons. The third-order valence-electron chi connectivity index (χ3n) is 10.3. The second-order valence-electron chi connectivity index (χ2n) is 13.0. The molecule has 0 bridgehead atoms. The van der Waals surface area contributed by atoms with Crippen molar-refractivity contribution in [1.82, 2.24) is 9.80 Å². The number of likely N-dealkylation sites (N-methyl/N-ethyl adjacent to an activating group) is 2. The molecule has 2 aromatic carbocycles. The summed E-state index contributed by atoms with van der Waals surface area (Å²) in [6.07, 6.45) is 2.50. The predicted molar refractivity (Wildman–Crippen MR) is 174 cm³/mol. The Balaban J connectivity index is 1.57. The van der Waals surface area contributed by atoms with Crippen LogP contribution in [0.25, 0.3) is 16.8 Å². The molecule has 3 aliphatic rings. The number of hydrogen-bond acceptors (Lipinski definition) is 5. The van der Waals surface area contributed by atoms with E-state index in [1.807, 2.05) is 12.1 Å². The van der Waals surface area contributed by atoms with Gasteiger partial charge >= 0.3 is 0 Å². The molecule has 5 heteroatoms. The molecule has 0 saturated heterocycles. The second-order valence-corrected chi connectivity index (χ2v) is 13.0. The number of benzene rings is 2. The van der Waals surface area contributed by atoms with Crippen LogP contribution >= 0.6 is 0 Å². The highest BCUT2D eigenvalue weighted by Gasteiger charge is 2.51. The third kappa shape index (κ3) is 4.64. The number of hydrogen-bond donors (Lipinski definition) is 2. The van der Waals surface area contributed by atoms with E-state index < -0.39 is 0 Å². The minimum absolute atomic E-state index is 0.0444. The van der Waals surface area contributed by atoms with Crippen LogP contribution in [0.2, 0.25) is 0 Å². The molecule has 42 heavy (non-hydrogen) atoms. The van der Waals surface area contributed by atoms with Gasteiger partial charge in [0.2, 0.25) is 0 Å². The summed E-state index contributed by atoms with van der Waals surface area (Å²) in [4.78, 5) is 18.7. The Bertz CT molecular complexity index is 1590. The van der Waals surface area contributed by atoms with Crippen molar-refractivity contribution in [3.63, 3.8) is 0 Å². The summed E-state index contributed by atoms with van der Waals surface area (Å²) in [5.74, 6) is 0.389. The highest BCUT2D eigenvalue weighted by atomic mass is 16.3. The molecule has 3 N–H and O–H groups in total. The lowest BCUT2D eigenvalue weighted by molar-refractivity contribution is 0.0976. The summed E-state index contributed by atoms with van der Waals surface area (Å²) >= 11 is 0. The number of carbonyl (C=O) groups is 1. The Labute approximate surface area is 251 Å². The van der Waals surface area contributed by atoms with E-state index in [9.17, 15) is 9.90 Å². The Morgan fingerprint density at radius 3 is 2.48 bits per heavy atom. The van der Waals surface area contributed by atoms with Crippen LogP contribution in [0.5, 0.6) is 5.75 Å². The van der Waals surface area contributed by atoms with E-state index in [1.54, 1.807) is 6.07 Å². The highest BCUT2D eigenvalue weighted by molar-refractivity contribution is 6.14. The third-order valence-corrected chi connectivity index (χ3v) is 10.3. The van der Waals surface area contributed by atoms with Crippen LogP contribution in [-0.2, 0) is 6.42 Å². The van der Waals surface area contributed by atoms with Crippen molar-refractivity contribution in [3.8, 4) is 16.9 Å². The Morgan fingerprint density at radius 1 is 1.10 bits per heavy atom. The normalized spacial score (nSPS) is 23.5. The summed E-state index contributed by atoms with van der Waals surface area (Å²) in [5.41, 5.74) is 16.8. The van der Waals surface area contributed by atoms with Crippen LogP contribution in [0.3, 0.4) is 0 Å². The molecule has 0 radical (unpaired) electrons. The van der Waals surface area contributed by atoms with Gasteiger partial charge in [-0.3, -0.25) is 4.79 Å². The van der Waals surface area contributed by atoms with Gasteiger partial charge in [0.25, 0.3) is 0 Å². The van der Waals surface area contributed by atoms with E-state index in [4.69, 9.17) is 5.73 Å². The standard InChI is InChI=1S/C37H45N3O2/c1-21-17-29-19-28-20-31-30(27-12-10-11-26(18-27)25(5)40(9)16-15-39(7)8)13-14-32(41)35(31)36(42)34(28)23(3)37(29,6)22(2)33(21)24(4)38/h10-14,18,28-29,41H,2,4-5,15-17,19-20,38H2,1,3,6-9H3/t28?,29-,37+/m1/s1. The molecule has 0 aliphatic heterocycles. The lowest BCUT2D eigenvalue weighted by atomic mass is 9.51. The van der Waals surface area contributed by atoms with Gasteiger partial charge in [0.05, 0.1) is 5.56 Å².